The monoisotopic (exact) mass is 264 g/mol. The van der Waals surface area contributed by atoms with E-state index in [9.17, 15) is 9.18 Å². The summed E-state index contributed by atoms with van der Waals surface area (Å²) in [6.45, 7) is 7.09. The number of ether oxygens (including phenoxy) is 1. The minimum Gasteiger partial charge on any atom is -0.459 e. The highest BCUT2D eigenvalue weighted by atomic mass is 19.1. The second-order valence-corrected chi connectivity index (χ2v) is 5.56. The minimum atomic E-state index is -0.564. The Labute approximate surface area is 111 Å². The van der Waals surface area contributed by atoms with Gasteiger partial charge in [0.1, 0.15) is 17.3 Å². The second kappa shape index (κ2) is 4.68. The molecule has 0 saturated carbocycles. The van der Waals surface area contributed by atoms with Crippen LogP contribution in [0.4, 0.5) is 4.39 Å². The molecule has 2 rings (SSSR count). The number of hydrogen-bond donors (Lipinski definition) is 0. The van der Waals surface area contributed by atoms with Crippen LogP contribution in [0, 0.1) is 5.82 Å². The molecule has 1 heterocycles. The van der Waals surface area contributed by atoms with E-state index < -0.39 is 17.3 Å². The summed E-state index contributed by atoms with van der Waals surface area (Å²) in [5, 5.41) is 0.644. The summed E-state index contributed by atoms with van der Waals surface area (Å²) in [6.07, 6.45) is 0. The van der Waals surface area contributed by atoms with E-state index in [1.165, 1.54) is 6.07 Å². The third kappa shape index (κ3) is 2.95. The Morgan fingerprint density at radius 2 is 2.05 bits per heavy atom. The van der Waals surface area contributed by atoms with E-state index >= 15 is 0 Å². The maximum Gasteiger partial charge on any atom is 0.316 e. The average Bonchev–Trinajstić information content (AvgIpc) is 2.71. The molecule has 1 atom stereocenters. The van der Waals surface area contributed by atoms with E-state index in [-0.39, 0.29) is 11.6 Å². The van der Waals surface area contributed by atoms with E-state index in [1.807, 2.05) is 0 Å². The molecule has 4 heteroatoms. The number of carbonyl (C=O) groups excluding carboxylic acids is 1. The first-order chi connectivity index (χ1) is 8.78. The number of halogens is 1. The fourth-order valence-electron chi connectivity index (χ4n) is 1.77. The molecular formula is C15H17FO3. The molecule has 0 bridgehead atoms. The fraction of sp³-hybridized carbons (Fsp3) is 0.400. The molecule has 1 aromatic heterocycles. The third-order valence-electron chi connectivity index (χ3n) is 2.70. The summed E-state index contributed by atoms with van der Waals surface area (Å²) in [5.74, 6) is -0.965. The number of para-hydroxylation sites is 1. The normalized spacial score (nSPS) is 13.5. The van der Waals surface area contributed by atoms with Crippen molar-refractivity contribution in [1.82, 2.24) is 0 Å². The van der Waals surface area contributed by atoms with E-state index in [1.54, 1.807) is 45.9 Å². The van der Waals surface area contributed by atoms with Crippen LogP contribution < -0.4 is 0 Å². The first kappa shape index (κ1) is 13.6. The number of hydrogen-bond acceptors (Lipinski definition) is 3. The molecule has 0 amide bonds. The lowest BCUT2D eigenvalue weighted by molar-refractivity contribution is -0.156. The van der Waals surface area contributed by atoms with Crippen LogP contribution in [0.1, 0.15) is 39.4 Å². The van der Waals surface area contributed by atoms with Crippen LogP contribution in [0.15, 0.2) is 28.7 Å². The van der Waals surface area contributed by atoms with Crippen molar-refractivity contribution in [2.24, 2.45) is 0 Å². The Balaban J connectivity index is 2.29. The summed E-state index contributed by atoms with van der Waals surface area (Å²) in [5.41, 5.74) is -0.379. The number of furan rings is 1. The summed E-state index contributed by atoms with van der Waals surface area (Å²) in [4.78, 5) is 11.9. The molecule has 1 aromatic carbocycles. The van der Waals surface area contributed by atoms with Gasteiger partial charge in [-0.2, -0.15) is 0 Å². The molecule has 2 aromatic rings. The van der Waals surface area contributed by atoms with Crippen molar-refractivity contribution in [3.05, 3.63) is 35.8 Å². The van der Waals surface area contributed by atoms with Crippen molar-refractivity contribution in [2.45, 2.75) is 39.2 Å². The van der Waals surface area contributed by atoms with Gasteiger partial charge in [0, 0.05) is 5.39 Å². The molecule has 0 spiro atoms. The summed E-state index contributed by atoms with van der Waals surface area (Å²) >= 11 is 0. The first-order valence-electron chi connectivity index (χ1n) is 6.19. The van der Waals surface area contributed by atoms with Crippen LogP contribution in [0.5, 0.6) is 0 Å². The lowest BCUT2D eigenvalue weighted by Crippen LogP contribution is -2.26. The van der Waals surface area contributed by atoms with Gasteiger partial charge in [0.15, 0.2) is 11.4 Å². The van der Waals surface area contributed by atoms with E-state index in [0.29, 0.717) is 11.1 Å². The number of rotatable bonds is 2. The Kier molecular flexibility index (Phi) is 3.35. The van der Waals surface area contributed by atoms with Gasteiger partial charge in [-0.1, -0.05) is 12.1 Å². The van der Waals surface area contributed by atoms with Crippen LogP contribution in [-0.4, -0.2) is 11.6 Å². The van der Waals surface area contributed by atoms with Gasteiger partial charge >= 0.3 is 5.97 Å². The smallest absolute Gasteiger partial charge is 0.316 e. The second-order valence-electron chi connectivity index (χ2n) is 5.56. The van der Waals surface area contributed by atoms with Crippen molar-refractivity contribution in [3.8, 4) is 0 Å². The van der Waals surface area contributed by atoms with Crippen molar-refractivity contribution in [1.29, 1.82) is 0 Å². The zero-order chi connectivity index (χ0) is 14.2. The molecule has 0 aliphatic heterocycles. The standard InChI is InChI=1S/C15H17FO3/c1-9(14(17)19-15(2,3)4)12-8-10-6-5-7-11(16)13(10)18-12/h5-9H,1-4H3. The Morgan fingerprint density at radius 3 is 2.63 bits per heavy atom. The van der Waals surface area contributed by atoms with Gasteiger partial charge in [0.25, 0.3) is 0 Å². The zero-order valence-electron chi connectivity index (χ0n) is 11.5. The van der Waals surface area contributed by atoms with E-state index in [2.05, 4.69) is 0 Å². The van der Waals surface area contributed by atoms with Crippen LogP contribution in [0.3, 0.4) is 0 Å². The van der Waals surface area contributed by atoms with Gasteiger partial charge in [-0.3, -0.25) is 4.79 Å². The van der Waals surface area contributed by atoms with Gasteiger partial charge in [0.05, 0.1) is 0 Å². The van der Waals surface area contributed by atoms with Crippen LogP contribution in [-0.2, 0) is 9.53 Å². The van der Waals surface area contributed by atoms with Gasteiger partial charge in [-0.25, -0.2) is 4.39 Å². The zero-order valence-corrected chi connectivity index (χ0v) is 11.5. The SMILES string of the molecule is CC(C(=O)OC(C)(C)C)c1cc2cccc(F)c2o1. The molecule has 0 aliphatic carbocycles. The molecule has 0 saturated heterocycles. The Morgan fingerprint density at radius 1 is 1.37 bits per heavy atom. The van der Waals surface area contributed by atoms with Crippen LogP contribution >= 0.6 is 0 Å². The molecule has 0 fully saturated rings. The molecule has 102 valence electrons. The highest BCUT2D eigenvalue weighted by molar-refractivity contribution is 5.82. The van der Waals surface area contributed by atoms with E-state index in [4.69, 9.17) is 9.15 Å². The molecule has 1 unspecified atom stereocenters. The lowest BCUT2D eigenvalue weighted by atomic mass is 10.1. The summed E-state index contributed by atoms with van der Waals surface area (Å²) < 4.78 is 24.2. The quantitative estimate of drug-likeness (QED) is 0.769. The number of carbonyl (C=O) groups is 1. The highest BCUT2D eigenvalue weighted by Gasteiger charge is 2.25. The number of fused-ring (bicyclic) bond motifs is 1. The molecular weight excluding hydrogens is 247 g/mol. The molecule has 3 nitrogen and oxygen atoms in total. The first-order valence-corrected chi connectivity index (χ1v) is 6.19. The van der Waals surface area contributed by atoms with Crippen molar-refractivity contribution in [3.63, 3.8) is 0 Å². The van der Waals surface area contributed by atoms with Gasteiger partial charge in [-0.05, 0) is 39.8 Å². The predicted octanol–water partition coefficient (Wildman–Crippen LogP) is 4.02. The number of benzene rings is 1. The Hall–Kier alpha value is -1.84. The lowest BCUT2D eigenvalue weighted by Gasteiger charge is -2.21. The summed E-state index contributed by atoms with van der Waals surface area (Å²) in [7, 11) is 0. The van der Waals surface area contributed by atoms with Crippen molar-refractivity contribution < 1.29 is 18.3 Å². The number of esters is 1. The molecule has 0 N–H and O–H groups in total. The molecule has 0 radical (unpaired) electrons. The van der Waals surface area contributed by atoms with Crippen molar-refractivity contribution >= 4 is 16.9 Å². The van der Waals surface area contributed by atoms with Gasteiger partial charge in [0.2, 0.25) is 0 Å². The summed E-state index contributed by atoms with van der Waals surface area (Å²) in [6, 6.07) is 6.35. The Bertz CT molecular complexity index is 607. The predicted molar refractivity (Wildman–Crippen MR) is 70.4 cm³/mol. The van der Waals surface area contributed by atoms with Crippen LogP contribution in [0.25, 0.3) is 11.0 Å². The van der Waals surface area contributed by atoms with Gasteiger partial charge < -0.3 is 9.15 Å². The van der Waals surface area contributed by atoms with Crippen molar-refractivity contribution in [2.75, 3.05) is 0 Å². The maximum atomic E-state index is 13.5. The highest BCUT2D eigenvalue weighted by Crippen LogP contribution is 2.28. The average molecular weight is 264 g/mol. The van der Waals surface area contributed by atoms with Gasteiger partial charge in [-0.15, -0.1) is 0 Å². The third-order valence-corrected chi connectivity index (χ3v) is 2.70. The maximum absolute atomic E-state index is 13.5. The minimum absolute atomic E-state index is 0.174. The van der Waals surface area contributed by atoms with E-state index in [0.717, 1.165) is 0 Å². The fourth-order valence-corrected chi connectivity index (χ4v) is 1.77. The molecule has 19 heavy (non-hydrogen) atoms. The largest absolute Gasteiger partial charge is 0.459 e. The molecule has 0 aliphatic rings. The van der Waals surface area contributed by atoms with Crippen LogP contribution in [0.2, 0.25) is 0 Å². The topological polar surface area (TPSA) is 39.4 Å².